The number of aromatic hydroxyl groups is 1. The lowest BCUT2D eigenvalue weighted by atomic mass is 10.2. The average Bonchev–Trinajstić information content (AvgIpc) is 2.98. The van der Waals surface area contributed by atoms with Gasteiger partial charge in [0.2, 0.25) is 5.89 Å². The number of nitrogens with zero attached hydrogens (tertiary/aromatic N) is 1. The van der Waals surface area contributed by atoms with E-state index in [1.54, 1.807) is 18.2 Å². The molecule has 2 aromatic carbocycles. The van der Waals surface area contributed by atoms with Crippen molar-refractivity contribution in [3.8, 4) is 5.75 Å². The highest BCUT2D eigenvalue weighted by Crippen LogP contribution is 2.25. The second-order valence-electron chi connectivity index (χ2n) is 5.03. The van der Waals surface area contributed by atoms with E-state index >= 15 is 0 Å². The van der Waals surface area contributed by atoms with E-state index in [4.69, 9.17) is 21.1 Å². The van der Waals surface area contributed by atoms with E-state index in [0.717, 1.165) is 0 Å². The third-order valence-corrected chi connectivity index (χ3v) is 3.58. The highest BCUT2D eigenvalue weighted by Gasteiger charge is 2.12. The van der Waals surface area contributed by atoms with Crippen molar-refractivity contribution in [2.45, 2.75) is 0 Å². The molecule has 1 aromatic heterocycles. The van der Waals surface area contributed by atoms with Crippen molar-refractivity contribution in [1.29, 1.82) is 0 Å². The molecule has 0 aliphatic carbocycles. The molecule has 0 aliphatic heterocycles. The zero-order chi connectivity index (χ0) is 18.0. The number of carbonyl (C=O) groups excluding carboxylic acids is 1. The van der Waals surface area contributed by atoms with E-state index < -0.39 is 11.7 Å². The molecular formula is C17H11ClN2O5. The normalized spacial score (nSPS) is 11.5. The molecule has 3 N–H and O–H groups in total. The van der Waals surface area contributed by atoms with Gasteiger partial charge in [-0.05, 0) is 30.3 Å². The summed E-state index contributed by atoms with van der Waals surface area (Å²) in [6.45, 7) is 0. The van der Waals surface area contributed by atoms with Crippen molar-refractivity contribution in [1.82, 2.24) is 4.98 Å². The minimum atomic E-state index is -1.24. The second kappa shape index (κ2) is 6.66. The molecule has 0 saturated heterocycles. The quantitative estimate of drug-likeness (QED) is 0.472. The first kappa shape index (κ1) is 16.5. The molecule has 0 amide bonds. The Morgan fingerprint density at radius 1 is 1.24 bits per heavy atom. The molecular weight excluding hydrogens is 348 g/mol. The van der Waals surface area contributed by atoms with Gasteiger partial charge in [-0.25, -0.2) is 9.78 Å². The Balaban J connectivity index is 1.88. The fourth-order valence-electron chi connectivity index (χ4n) is 2.13. The van der Waals surface area contributed by atoms with Gasteiger partial charge < -0.3 is 19.9 Å². The molecule has 0 spiro atoms. The number of halogens is 1. The number of aromatic carboxylic acids is 1. The van der Waals surface area contributed by atoms with Crippen LogP contribution in [0.4, 0.5) is 5.69 Å². The van der Waals surface area contributed by atoms with E-state index in [1.165, 1.54) is 24.4 Å². The highest BCUT2D eigenvalue weighted by molar-refractivity contribution is 6.31. The van der Waals surface area contributed by atoms with Gasteiger partial charge in [-0.3, -0.25) is 4.79 Å². The minimum Gasteiger partial charge on any atom is -0.507 e. The van der Waals surface area contributed by atoms with Crippen LogP contribution in [0.25, 0.3) is 16.7 Å². The monoisotopic (exact) mass is 358 g/mol. The molecule has 0 fully saturated rings. The molecule has 3 rings (SSSR count). The van der Waals surface area contributed by atoms with Crippen LogP contribution in [0.1, 0.15) is 16.2 Å². The van der Waals surface area contributed by atoms with Crippen LogP contribution < -0.4 is 5.32 Å². The van der Waals surface area contributed by atoms with E-state index in [2.05, 4.69) is 10.3 Å². The lowest BCUT2D eigenvalue weighted by Crippen LogP contribution is -1.98. The number of rotatable bonds is 5. The predicted octanol–water partition coefficient (Wildman–Crippen LogP) is 3.54. The van der Waals surface area contributed by atoms with E-state index in [0.29, 0.717) is 28.1 Å². The largest absolute Gasteiger partial charge is 0.507 e. The average molecular weight is 359 g/mol. The van der Waals surface area contributed by atoms with Gasteiger partial charge in [0.15, 0.2) is 11.9 Å². The molecule has 3 aromatic rings. The molecule has 126 valence electrons. The number of fused-ring (bicyclic) bond motifs is 1. The number of phenols is 1. The molecule has 0 atom stereocenters. The number of aldehydes is 1. The maximum absolute atomic E-state index is 11.3. The van der Waals surface area contributed by atoms with Crippen LogP contribution in [0.3, 0.4) is 0 Å². The van der Waals surface area contributed by atoms with Crippen LogP contribution in [0.15, 0.2) is 47.0 Å². The lowest BCUT2D eigenvalue weighted by Gasteiger charge is -2.04. The highest BCUT2D eigenvalue weighted by atomic mass is 35.5. The molecule has 25 heavy (non-hydrogen) atoms. The van der Waals surface area contributed by atoms with Crippen LogP contribution in [-0.2, 0) is 4.79 Å². The van der Waals surface area contributed by atoms with Crippen molar-refractivity contribution < 1.29 is 24.2 Å². The van der Waals surface area contributed by atoms with Crippen molar-refractivity contribution in [2.75, 3.05) is 5.32 Å². The van der Waals surface area contributed by atoms with Crippen LogP contribution in [-0.4, -0.2) is 27.5 Å². The van der Waals surface area contributed by atoms with Gasteiger partial charge in [0.25, 0.3) is 0 Å². The summed E-state index contributed by atoms with van der Waals surface area (Å²) in [5.74, 6) is -1.53. The number of carbonyl (C=O) groups is 2. The first-order valence-electron chi connectivity index (χ1n) is 7.02. The Bertz CT molecular complexity index is 1010. The van der Waals surface area contributed by atoms with Crippen molar-refractivity contribution in [2.24, 2.45) is 0 Å². The van der Waals surface area contributed by atoms with Crippen molar-refractivity contribution in [3.63, 3.8) is 0 Å². The number of hydrogen-bond acceptors (Lipinski definition) is 6. The molecule has 0 saturated carbocycles. The topological polar surface area (TPSA) is 113 Å². The van der Waals surface area contributed by atoms with E-state index in [1.807, 2.05) is 0 Å². The Morgan fingerprint density at radius 3 is 2.72 bits per heavy atom. The number of carboxylic acids is 1. The third kappa shape index (κ3) is 3.46. The maximum atomic E-state index is 11.3. The number of oxazole rings is 1. The van der Waals surface area contributed by atoms with Gasteiger partial charge in [0.05, 0.1) is 5.57 Å². The SMILES string of the molecule is O=C/C(=C\Nc1ccc(C(=O)O)c(O)c1)c1nc2cc(Cl)ccc2o1. The summed E-state index contributed by atoms with van der Waals surface area (Å²) in [6.07, 6.45) is 1.90. The zero-order valence-electron chi connectivity index (χ0n) is 12.6. The Hall–Kier alpha value is -3.32. The van der Waals surface area contributed by atoms with Gasteiger partial charge >= 0.3 is 5.97 Å². The smallest absolute Gasteiger partial charge is 0.339 e. The number of benzene rings is 2. The van der Waals surface area contributed by atoms with Gasteiger partial charge in [-0.15, -0.1) is 0 Å². The number of hydrogen-bond donors (Lipinski definition) is 3. The number of carboxylic acid groups (broad SMARTS) is 1. The van der Waals surface area contributed by atoms with Gasteiger partial charge in [-0.1, -0.05) is 11.6 Å². The zero-order valence-corrected chi connectivity index (χ0v) is 13.3. The number of aromatic nitrogens is 1. The molecule has 0 radical (unpaired) electrons. The lowest BCUT2D eigenvalue weighted by molar-refractivity contribution is -0.103. The Kier molecular flexibility index (Phi) is 4.40. The summed E-state index contributed by atoms with van der Waals surface area (Å²) in [6, 6.07) is 8.83. The van der Waals surface area contributed by atoms with E-state index in [9.17, 15) is 14.7 Å². The fraction of sp³-hybridized carbons (Fsp3) is 0. The predicted molar refractivity (Wildman–Crippen MR) is 91.7 cm³/mol. The van der Waals surface area contributed by atoms with Crippen LogP contribution >= 0.6 is 11.6 Å². The van der Waals surface area contributed by atoms with Gasteiger partial charge in [0.1, 0.15) is 16.8 Å². The van der Waals surface area contributed by atoms with Gasteiger partial charge in [-0.2, -0.15) is 0 Å². The molecule has 0 aliphatic rings. The third-order valence-electron chi connectivity index (χ3n) is 3.35. The summed E-state index contributed by atoms with van der Waals surface area (Å²) in [7, 11) is 0. The Labute approximate surface area is 146 Å². The van der Waals surface area contributed by atoms with Crippen LogP contribution in [0, 0.1) is 0 Å². The number of allylic oxidation sites excluding steroid dienone is 1. The number of nitrogens with one attached hydrogen (secondary N) is 1. The second-order valence-corrected chi connectivity index (χ2v) is 5.47. The maximum Gasteiger partial charge on any atom is 0.339 e. The van der Waals surface area contributed by atoms with Crippen molar-refractivity contribution in [3.05, 3.63) is 59.1 Å². The first-order chi connectivity index (χ1) is 12.0. The fourth-order valence-corrected chi connectivity index (χ4v) is 2.30. The first-order valence-corrected chi connectivity index (χ1v) is 7.40. The standard InChI is InChI=1S/C17H11ClN2O5/c18-10-1-4-15-13(5-10)20-16(25-15)9(8-21)7-19-11-2-3-12(17(23)24)14(22)6-11/h1-8,19,22H,(H,23,24)/b9-7+. The molecule has 7 nitrogen and oxygen atoms in total. The molecule has 0 unspecified atom stereocenters. The molecule has 0 bridgehead atoms. The summed E-state index contributed by atoms with van der Waals surface area (Å²) >= 11 is 5.89. The molecule has 1 heterocycles. The van der Waals surface area contributed by atoms with Crippen molar-refractivity contribution >= 4 is 46.2 Å². The summed E-state index contributed by atoms with van der Waals surface area (Å²) < 4.78 is 5.50. The minimum absolute atomic E-state index is 0.103. The van der Waals surface area contributed by atoms with Gasteiger partial charge in [0, 0.05) is 23.0 Å². The summed E-state index contributed by atoms with van der Waals surface area (Å²) in [4.78, 5) is 26.4. The number of anilines is 1. The Morgan fingerprint density at radius 2 is 2.04 bits per heavy atom. The molecule has 8 heteroatoms. The summed E-state index contributed by atoms with van der Waals surface area (Å²) in [5.41, 5.74) is 1.30. The van der Waals surface area contributed by atoms with Crippen LogP contribution in [0.5, 0.6) is 5.75 Å². The van der Waals surface area contributed by atoms with Crippen LogP contribution in [0.2, 0.25) is 5.02 Å². The summed E-state index contributed by atoms with van der Waals surface area (Å²) in [5, 5.41) is 21.8. The van der Waals surface area contributed by atoms with E-state index in [-0.39, 0.29) is 17.0 Å².